The fourth-order valence-corrected chi connectivity index (χ4v) is 3.19. The number of hydrogen-bond acceptors (Lipinski definition) is 4. The third-order valence-corrected chi connectivity index (χ3v) is 4.27. The number of aromatic nitrogens is 2. The summed E-state index contributed by atoms with van der Waals surface area (Å²) in [5.74, 6) is -0.323. The molecule has 0 saturated carbocycles. The third-order valence-electron chi connectivity index (χ3n) is 2.51. The molecule has 1 heterocycles. The average Bonchev–Trinajstić information content (AvgIpc) is 2.34. The molecule has 19 heavy (non-hydrogen) atoms. The van der Waals surface area contributed by atoms with Crippen LogP contribution in [0.25, 0.3) is 0 Å². The van der Waals surface area contributed by atoms with Crippen LogP contribution in [0.2, 0.25) is 0 Å². The average molecular weight is 342 g/mol. The van der Waals surface area contributed by atoms with Crippen molar-refractivity contribution in [1.29, 1.82) is 0 Å². The van der Waals surface area contributed by atoms with E-state index in [1.54, 1.807) is 12.1 Å². The summed E-state index contributed by atoms with van der Waals surface area (Å²) in [4.78, 5) is 9.06. The minimum atomic E-state index is -0.323. The maximum absolute atomic E-state index is 14.2. The van der Waals surface area contributed by atoms with Gasteiger partial charge in [-0.3, -0.25) is 0 Å². The van der Waals surface area contributed by atoms with Crippen LogP contribution >= 0.6 is 27.7 Å². The van der Waals surface area contributed by atoms with Crippen molar-refractivity contribution in [3.05, 3.63) is 45.4 Å². The maximum atomic E-state index is 14.2. The number of hydrogen-bond donors (Lipinski definition) is 1. The SMILES string of the molecule is Cc1cc(C)nc(Sc2ccc(CN)c(Br)c2F)n1. The van der Waals surface area contributed by atoms with Crippen molar-refractivity contribution < 1.29 is 4.39 Å². The molecule has 0 aliphatic carbocycles. The van der Waals surface area contributed by atoms with Crippen LogP contribution in [-0.2, 0) is 6.54 Å². The molecule has 2 aromatic rings. The molecule has 0 amide bonds. The Morgan fingerprint density at radius 3 is 2.47 bits per heavy atom. The van der Waals surface area contributed by atoms with E-state index in [2.05, 4.69) is 25.9 Å². The topological polar surface area (TPSA) is 51.8 Å². The summed E-state index contributed by atoms with van der Waals surface area (Å²) in [6.07, 6.45) is 0. The summed E-state index contributed by atoms with van der Waals surface area (Å²) in [5, 5.41) is 0.545. The Balaban J connectivity index is 2.36. The van der Waals surface area contributed by atoms with E-state index in [0.29, 0.717) is 21.1 Å². The second-order valence-corrected chi connectivity index (χ2v) is 5.89. The highest BCUT2D eigenvalue weighted by atomic mass is 79.9. The quantitative estimate of drug-likeness (QED) is 0.866. The largest absolute Gasteiger partial charge is 0.326 e. The zero-order valence-corrected chi connectivity index (χ0v) is 13.0. The van der Waals surface area contributed by atoms with Gasteiger partial charge in [0.25, 0.3) is 0 Å². The Morgan fingerprint density at radius 2 is 1.89 bits per heavy atom. The van der Waals surface area contributed by atoms with E-state index in [4.69, 9.17) is 5.73 Å². The molecular formula is C13H13BrFN3S. The first kappa shape index (κ1) is 14.4. The lowest BCUT2D eigenvalue weighted by Gasteiger charge is -2.08. The monoisotopic (exact) mass is 341 g/mol. The summed E-state index contributed by atoms with van der Waals surface area (Å²) in [6.45, 7) is 4.08. The van der Waals surface area contributed by atoms with Gasteiger partial charge in [-0.2, -0.15) is 0 Å². The molecule has 3 nitrogen and oxygen atoms in total. The molecule has 0 spiro atoms. The lowest BCUT2D eigenvalue weighted by molar-refractivity contribution is 0.591. The van der Waals surface area contributed by atoms with E-state index in [-0.39, 0.29) is 5.82 Å². The summed E-state index contributed by atoms with van der Waals surface area (Å²) < 4.78 is 14.6. The number of halogens is 2. The molecule has 100 valence electrons. The smallest absolute Gasteiger partial charge is 0.192 e. The van der Waals surface area contributed by atoms with Crippen LogP contribution in [0, 0.1) is 19.7 Å². The number of rotatable bonds is 3. The molecule has 0 fully saturated rings. The van der Waals surface area contributed by atoms with Crippen molar-refractivity contribution in [2.75, 3.05) is 0 Å². The van der Waals surface area contributed by atoms with E-state index >= 15 is 0 Å². The number of benzene rings is 1. The van der Waals surface area contributed by atoms with Crippen LogP contribution < -0.4 is 5.73 Å². The summed E-state index contributed by atoms with van der Waals surface area (Å²) >= 11 is 4.43. The Morgan fingerprint density at radius 1 is 1.26 bits per heavy atom. The van der Waals surface area contributed by atoms with Gasteiger partial charge in [0.1, 0.15) is 0 Å². The molecule has 0 saturated heterocycles. The number of aryl methyl sites for hydroxylation is 2. The highest BCUT2D eigenvalue weighted by molar-refractivity contribution is 9.10. The van der Waals surface area contributed by atoms with Crippen LogP contribution in [0.15, 0.2) is 32.7 Å². The molecule has 1 aromatic heterocycles. The van der Waals surface area contributed by atoms with Crippen LogP contribution in [0.4, 0.5) is 4.39 Å². The van der Waals surface area contributed by atoms with Gasteiger partial charge in [0.15, 0.2) is 11.0 Å². The predicted molar refractivity (Wildman–Crippen MR) is 77.6 cm³/mol. The predicted octanol–water partition coefficient (Wildman–Crippen LogP) is 3.60. The standard InChI is InChI=1S/C13H13BrFN3S/c1-7-5-8(2)18-13(17-7)19-10-4-3-9(6-16)11(14)12(10)15/h3-5H,6,16H2,1-2H3. The van der Waals surface area contributed by atoms with Crippen molar-refractivity contribution in [2.45, 2.75) is 30.4 Å². The molecule has 6 heteroatoms. The normalized spacial score (nSPS) is 10.8. The van der Waals surface area contributed by atoms with E-state index in [0.717, 1.165) is 17.0 Å². The van der Waals surface area contributed by atoms with Crippen LogP contribution in [0.1, 0.15) is 17.0 Å². The molecule has 0 unspecified atom stereocenters. The van der Waals surface area contributed by atoms with Crippen LogP contribution in [-0.4, -0.2) is 9.97 Å². The van der Waals surface area contributed by atoms with Gasteiger partial charge >= 0.3 is 0 Å². The Bertz CT molecular complexity index is 599. The van der Waals surface area contributed by atoms with Gasteiger partial charge in [0.2, 0.25) is 0 Å². The molecule has 1 aromatic carbocycles. The first-order valence-corrected chi connectivity index (χ1v) is 7.29. The molecule has 2 N–H and O–H groups in total. The van der Waals surface area contributed by atoms with Gasteiger partial charge in [-0.05, 0) is 59.2 Å². The molecular weight excluding hydrogens is 329 g/mol. The summed E-state index contributed by atoms with van der Waals surface area (Å²) in [7, 11) is 0. The van der Waals surface area contributed by atoms with Crippen LogP contribution in [0.3, 0.4) is 0 Å². The molecule has 0 atom stereocenters. The highest BCUT2D eigenvalue weighted by Gasteiger charge is 2.13. The molecule has 0 radical (unpaired) electrons. The van der Waals surface area contributed by atoms with Crippen LogP contribution in [0.5, 0.6) is 0 Å². The number of nitrogens with zero attached hydrogens (tertiary/aromatic N) is 2. The highest BCUT2D eigenvalue weighted by Crippen LogP contribution is 2.33. The van der Waals surface area contributed by atoms with Gasteiger partial charge in [-0.25, -0.2) is 14.4 Å². The Kier molecular flexibility index (Phi) is 4.54. The van der Waals surface area contributed by atoms with Crippen molar-refractivity contribution in [3.8, 4) is 0 Å². The minimum Gasteiger partial charge on any atom is -0.326 e. The first-order valence-electron chi connectivity index (χ1n) is 5.68. The van der Waals surface area contributed by atoms with Crippen molar-refractivity contribution in [1.82, 2.24) is 9.97 Å². The Hall–Kier alpha value is -0.980. The Labute approximate surface area is 124 Å². The minimum absolute atomic E-state index is 0.294. The van der Waals surface area contributed by atoms with Crippen molar-refractivity contribution in [3.63, 3.8) is 0 Å². The van der Waals surface area contributed by atoms with Crippen molar-refractivity contribution in [2.24, 2.45) is 5.73 Å². The maximum Gasteiger partial charge on any atom is 0.192 e. The van der Waals surface area contributed by atoms with Crippen molar-refractivity contribution >= 4 is 27.7 Å². The molecule has 0 aliphatic heterocycles. The third kappa shape index (κ3) is 3.32. The number of nitrogens with two attached hydrogens (primary N) is 1. The summed E-state index contributed by atoms with van der Waals surface area (Å²) in [5.41, 5.74) is 8.01. The van der Waals surface area contributed by atoms with Gasteiger partial charge in [0, 0.05) is 17.9 Å². The first-order chi connectivity index (χ1) is 9.01. The van der Waals surface area contributed by atoms with E-state index in [1.807, 2.05) is 19.9 Å². The van der Waals surface area contributed by atoms with Gasteiger partial charge in [-0.15, -0.1) is 0 Å². The fourth-order valence-electron chi connectivity index (χ4n) is 1.65. The molecule has 0 aliphatic rings. The van der Waals surface area contributed by atoms with E-state index in [9.17, 15) is 4.39 Å². The van der Waals surface area contributed by atoms with E-state index < -0.39 is 0 Å². The lowest BCUT2D eigenvalue weighted by atomic mass is 10.2. The zero-order valence-electron chi connectivity index (χ0n) is 10.6. The second-order valence-electron chi connectivity index (χ2n) is 4.09. The molecule has 2 rings (SSSR count). The zero-order chi connectivity index (χ0) is 14.0. The lowest BCUT2D eigenvalue weighted by Crippen LogP contribution is -2.00. The van der Waals surface area contributed by atoms with Gasteiger partial charge < -0.3 is 5.73 Å². The fraction of sp³-hybridized carbons (Fsp3) is 0.231. The second kappa shape index (κ2) is 5.98. The van der Waals surface area contributed by atoms with Gasteiger partial charge in [0.05, 0.1) is 9.37 Å². The molecule has 0 bridgehead atoms. The van der Waals surface area contributed by atoms with E-state index in [1.165, 1.54) is 11.8 Å². The summed E-state index contributed by atoms with van der Waals surface area (Å²) in [6, 6.07) is 5.39. The van der Waals surface area contributed by atoms with Gasteiger partial charge in [-0.1, -0.05) is 6.07 Å².